The normalized spacial score (nSPS) is 15.6. The lowest BCUT2D eigenvalue weighted by molar-refractivity contribution is 0.170. The molecular formula is C18H21ClN6O. The van der Waals surface area contributed by atoms with Gasteiger partial charge in [0.1, 0.15) is 28.6 Å². The molecule has 3 aromatic rings. The lowest BCUT2D eigenvalue weighted by Crippen LogP contribution is -2.39. The Morgan fingerprint density at radius 1 is 1.15 bits per heavy atom. The minimum atomic E-state index is 0.167. The molecule has 1 saturated heterocycles. The van der Waals surface area contributed by atoms with E-state index in [9.17, 15) is 0 Å². The number of aryl methyl sites for hydroxylation is 2. The average molecular weight is 373 g/mol. The van der Waals surface area contributed by atoms with E-state index >= 15 is 0 Å². The molecule has 3 aromatic heterocycles. The summed E-state index contributed by atoms with van der Waals surface area (Å²) < 4.78 is 7.91. The predicted octanol–water partition coefficient (Wildman–Crippen LogP) is 3.08. The molecule has 0 amide bonds. The van der Waals surface area contributed by atoms with Crippen LogP contribution in [0, 0.1) is 13.8 Å². The molecule has 136 valence electrons. The summed E-state index contributed by atoms with van der Waals surface area (Å²) in [5, 5.41) is 5.74. The Labute approximate surface area is 157 Å². The van der Waals surface area contributed by atoms with Crippen molar-refractivity contribution < 1.29 is 4.74 Å². The molecule has 1 aliphatic rings. The van der Waals surface area contributed by atoms with E-state index in [0.29, 0.717) is 11.0 Å². The van der Waals surface area contributed by atoms with Crippen molar-refractivity contribution in [1.29, 1.82) is 0 Å². The molecule has 0 bridgehead atoms. The maximum atomic E-state index is 6.21. The number of aromatic nitrogens is 5. The predicted molar refractivity (Wildman–Crippen MR) is 101 cm³/mol. The van der Waals surface area contributed by atoms with E-state index in [1.165, 1.54) is 0 Å². The fraction of sp³-hybridized carbons (Fsp3) is 0.444. The molecule has 0 N–H and O–H groups in total. The number of fused-ring (bicyclic) bond motifs is 1. The summed E-state index contributed by atoms with van der Waals surface area (Å²) in [5.41, 5.74) is 1.79. The number of ether oxygens (including phenoxy) is 1. The number of anilines is 1. The van der Waals surface area contributed by atoms with Crippen LogP contribution in [0.5, 0.6) is 5.75 Å². The van der Waals surface area contributed by atoms with E-state index < -0.39 is 0 Å². The van der Waals surface area contributed by atoms with E-state index in [-0.39, 0.29) is 6.10 Å². The van der Waals surface area contributed by atoms with E-state index in [2.05, 4.69) is 25.0 Å². The van der Waals surface area contributed by atoms with Crippen LogP contribution in [0.25, 0.3) is 11.0 Å². The van der Waals surface area contributed by atoms with Crippen LogP contribution in [0.3, 0.4) is 0 Å². The molecule has 0 saturated carbocycles. The molecule has 0 spiro atoms. The molecule has 1 aliphatic heterocycles. The van der Waals surface area contributed by atoms with Gasteiger partial charge in [-0.05, 0) is 19.9 Å². The first-order valence-corrected chi connectivity index (χ1v) is 9.09. The van der Waals surface area contributed by atoms with Crippen molar-refractivity contribution in [1.82, 2.24) is 24.7 Å². The molecule has 4 heterocycles. The summed E-state index contributed by atoms with van der Waals surface area (Å²) in [6.45, 7) is 5.59. The second-order valence-electron chi connectivity index (χ2n) is 6.67. The summed E-state index contributed by atoms with van der Waals surface area (Å²) in [7, 11) is 1.88. The van der Waals surface area contributed by atoms with Crippen LogP contribution >= 0.6 is 11.6 Å². The second kappa shape index (κ2) is 6.72. The van der Waals surface area contributed by atoms with Gasteiger partial charge in [0.2, 0.25) is 0 Å². The van der Waals surface area contributed by atoms with Crippen molar-refractivity contribution in [2.75, 3.05) is 18.0 Å². The highest BCUT2D eigenvalue weighted by Crippen LogP contribution is 2.28. The van der Waals surface area contributed by atoms with Crippen LogP contribution in [0.1, 0.15) is 24.2 Å². The van der Waals surface area contributed by atoms with Gasteiger partial charge < -0.3 is 9.64 Å². The molecule has 0 unspecified atom stereocenters. The summed E-state index contributed by atoms with van der Waals surface area (Å²) >= 11 is 6.21. The Morgan fingerprint density at radius 2 is 1.92 bits per heavy atom. The first-order valence-electron chi connectivity index (χ1n) is 8.71. The van der Waals surface area contributed by atoms with Gasteiger partial charge in [-0.15, -0.1) is 0 Å². The van der Waals surface area contributed by atoms with E-state index in [1.807, 2.05) is 33.2 Å². The average Bonchev–Trinajstić information content (AvgIpc) is 2.99. The quantitative estimate of drug-likeness (QED) is 0.658. The lowest BCUT2D eigenvalue weighted by Gasteiger charge is -2.33. The van der Waals surface area contributed by atoms with Crippen LogP contribution in [0.2, 0.25) is 5.15 Å². The third-order valence-electron chi connectivity index (χ3n) is 4.76. The zero-order valence-corrected chi connectivity index (χ0v) is 15.9. The standard InChI is InChI=1S/C18H21ClN6O/c1-11-16(19)22-12(2)23-17(11)25-6-4-14(5-7-25)26-15-8-13-9-21-24(3)18(13)20-10-15/h8-10,14H,4-7H2,1-3H3. The Kier molecular flexibility index (Phi) is 4.40. The van der Waals surface area contributed by atoms with Gasteiger partial charge in [-0.25, -0.2) is 15.0 Å². The zero-order valence-electron chi connectivity index (χ0n) is 15.1. The highest BCUT2D eigenvalue weighted by Gasteiger charge is 2.24. The van der Waals surface area contributed by atoms with Gasteiger partial charge in [-0.1, -0.05) is 11.6 Å². The number of hydrogen-bond acceptors (Lipinski definition) is 6. The summed E-state index contributed by atoms with van der Waals surface area (Å²) in [6.07, 6.45) is 5.59. The van der Waals surface area contributed by atoms with Gasteiger partial charge in [0.25, 0.3) is 0 Å². The van der Waals surface area contributed by atoms with Crippen molar-refractivity contribution >= 4 is 28.5 Å². The van der Waals surface area contributed by atoms with Crippen LogP contribution < -0.4 is 9.64 Å². The number of pyridine rings is 1. The van der Waals surface area contributed by atoms with Crippen molar-refractivity contribution in [3.05, 3.63) is 35.0 Å². The number of hydrogen-bond donors (Lipinski definition) is 0. The van der Waals surface area contributed by atoms with Gasteiger partial charge >= 0.3 is 0 Å². The van der Waals surface area contributed by atoms with Gasteiger partial charge in [-0.3, -0.25) is 4.68 Å². The minimum absolute atomic E-state index is 0.167. The third kappa shape index (κ3) is 3.19. The first kappa shape index (κ1) is 17.0. The van der Waals surface area contributed by atoms with Crippen molar-refractivity contribution in [2.24, 2.45) is 7.05 Å². The van der Waals surface area contributed by atoms with Crippen LogP contribution in [0.15, 0.2) is 18.5 Å². The Morgan fingerprint density at radius 3 is 2.69 bits per heavy atom. The summed E-state index contributed by atoms with van der Waals surface area (Å²) in [4.78, 5) is 15.5. The summed E-state index contributed by atoms with van der Waals surface area (Å²) in [6, 6.07) is 2.00. The highest BCUT2D eigenvalue weighted by molar-refractivity contribution is 6.30. The largest absolute Gasteiger partial charge is 0.489 e. The van der Waals surface area contributed by atoms with Crippen LogP contribution in [-0.2, 0) is 7.05 Å². The van der Waals surface area contributed by atoms with Crippen molar-refractivity contribution in [3.8, 4) is 5.75 Å². The van der Waals surface area contributed by atoms with E-state index in [4.69, 9.17) is 16.3 Å². The van der Waals surface area contributed by atoms with Crippen molar-refractivity contribution in [3.63, 3.8) is 0 Å². The van der Waals surface area contributed by atoms with Gasteiger partial charge in [-0.2, -0.15) is 5.10 Å². The molecule has 26 heavy (non-hydrogen) atoms. The Balaban J connectivity index is 1.43. The fourth-order valence-electron chi connectivity index (χ4n) is 3.35. The molecule has 0 aliphatic carbocycles. The van der Waals surface area contributed by atoms with Crippen LogP contribution in [0.4, 0.5) is 5.82 Å². The van der Waals surface area contributed by atoms with Crippen molar-refractivity contribution in [2.45, 2.75) is 32.8 Å². The molecule has 0 radical (unpaired) electrons. The van der Waals surface area contributed by atoms with Gasteiger partial charge in [0.05, 0.1) is 12.4 Å². The van der Waals surface area contributed by atoms with Gasteiger partial charge in [0, 0.05) is 43.9 Å². The molecule has 7 nitrogen and oxygen atoms in total. The maximum Gasteiger partial charge on any atom is 0.157 e. The SMILES string of the molecule is Cc1nc(Cl)c(C)c(N2CCC(Oc3cnc4c(cnn4C)c3)CC2)n1. The summed E-state index contributed by atoms with van der Waals surface area (Å²) in [5.74, 6) is 2.42. The fourth-order valence-corrected chi connectivity index (χ4v) is 3.56. The topological polar surface area (TPSA) is 69.0 Å². The molecule has 8 heteroatoms. The number of nitrogens with zero attached hydrogens (tertiary/aromatic N) is 6. The number of halogens is 1. The minimum Gasteiger partial charge on any atom is -0.489 e. The zero-order chi connectivity index (χ0) is 18.3. The molecule has 0 atom stereocenters. The molecule has 0 aromatic carbocycles. The molecule has 4 rings (SSSR count). The third-order valence-corrected chi connectivity index (χ3v) is 5.13. The monoisotopic (exact) mass is 372 g/mol. The maximum absolute atomic E-state index is 6.21. The van der Waals surface area contributed by atoms with E-state index in [0.717, 1.165) is 54.1 Å². The first-order chi connectivity index (χ1) is 12.5. The number of piperidine rings is 1. The molecular weight excluding hydrogens is 352 g/mol. The Hall–Kier alpha value is -2.41. The smallest absolute Gasteiger partial charge is 0.157 e. The second-order valence-corrected chi connectivity index (χ2v) is 7.02. The highest BCUT2D eigenvalue weighted by atomic mass is 35.5. The molecule has 1 fully saturated rings. The Bertz CT molecular complexity index is 948. The van der Waals surface area contributed by atoms with Gasteiger partial charge in [0.15, 0.2) is 5.65 Å². The lowest BCUT2D eigenvalue weighted by atomic mass is 10.1. The van der Waals surface area contributed by atoms with E-state index in [1.54, 1.807) is 10.9 Å². The van der Waals surface area contributed by atoms with Crippen LogP contribution in [-0.4, -0.2) is 43.9 Å². The number of rotatable bonds is 3.